The van der Waals surface area contributed by atoms with Crippen LogP contribution in [0.3, 0.4) is 0 Å². The van der Waals surface area contributed by atoms with Crippen LogP contribution in [0.4, 0.5) is 8.78 Å². The van der Waals surface area contributed by atoms with Crippen LogP contribution < -0.4 is 5.69 Å². The number of aromatic nitrogens is 4. The number of aryl methyl sites for hydroxylation is 2. The van der Waals surface area contributed by atoms with Gasteiger partial charge in [-0.3, -0.25) is 9.13 Å². The number of imidazole rings is 1. The van der Waals surface area contributed by atoms with Gasteiger partial charge in [0.15, 0.2) is 11.2 Å². The van der Waals surface area contributed by atoms with E-state index in [4.69, 9.17) is 4.52 Å². The van der Waals surface area contributed by atoms with E-state index in [0.29, 0.717) is 22.4 Å². The quantitative estimate of drug-likeness (QED) is 0.537. The fraction of sp³-hybridized carbons (Fsp3) is 0.350. The van der Waals surface area contributed by atoms with Gasteiger partial charge in [0, 0.05) is 31.0 Å². The van der Waals surface area contributed by atoms with Crippen molar-refractivity contribution in [3.05, 3.63) is 46.5 Å². The summed E-state index contributed by atoms with van der Waals surface area (Å²) in [5.41, 5.74) is 2.54. The van der Waals surface area contributed by atoms with Gasteiger partial charge < -0.3 is 4.52 Å². The predicted molar refractivity (Wildman–Crippen MR) is 100 cm³/mol. The Morgan fingerprint density at radius 1 is 1.25 bits per heavy atom. The average Bonchev–Trinajstić information content (AvgIpc) is 2.91. The van der Waals surface area contributed by atoms with Gasteiger partial charge >= 0.3 is 5.69 Å². The Bertz CT molecular complexity index is 1320. The van der Waals surface area contributed by atoms with Crippen molar-refractivity contribution in [1.29, 1.82) is 0 Å². The first-order chi connectivity index (χ1) is 13.2. The molecule has 1 atom stereocenters. The summed E-state index contributed by atoms with van der Waals surface area (Å²) in [6.45, 7) is 3.35. The highest BCUT2D eigenvalue weighted by atomic mass is 19.3. The normalized spacial score (nSPS) is 20.9. The van der Waals surface area contributed by atoms with E-state index < -0.39 is 11.3 Å². The lowest BCUT2D eigenvalue weighted by atomic mass is 10.1. The van der Waals surface area contributed by atoms with Gasteiger partial charge in [-0.15, -0.1) is 0 Å². The third-order valence-corrected chi connectivity index (χ3v) is 5.80. The number of nitrogens with zero attached hydrogens (tertiary/aromatic N) is 4. The number of alkyl halides is 2. The Kier molecular flexibility index (Phi) is 3.22. The van der Waals surface area contributed by atoms with Gasteiger partial charge in [-0.25, -0.2) is 18.6 Å². The zero-order chi connectivity index (χ0) is 19.8. The Hall–Kier alpha value is -3.03. The van der Waals surface area contributed by atoms with Crippen molar-refractivity contribution in [3.63, 3.8) is 0 Å². The van der Waals surface area contributed by atoms with Gasteiger partial charge in [-0.1, -0.05) is 12.1 Å². The van der Waals surface area contributed by atoms with Crippen molar-refractivity contribution >= 4 is 22.1 Å². The van der Waals surface area contributed by atoms with Crippen LogP contribution in [0.15, 0.2) is 39.6 Å². The molecule has 4 aromatic rings. The largest absolute Gasteiger partial charge is 0.356 e. The molecule has 1 aromatic carbocycles. The molecule has 1 unspecified atom stereocenters. The molecule has 0 saturated heterocycles. The number of halogens is 2. The van der Waals surface area contributed by atoms with Gasteiger partial charge in [-0.2, -0.15) is 0 Å². The molecule has 0 spiro atoms. The minimum Gasteiger partial charge on any atom is -0.356 e. The summed E-state index contributed by atoms with van der Waals surface area (Å²) in [5.74, 6) is -2.73. The monoisotopic (exact) mass is 384 g/mol. The molecule has 0 aliphatic heterocycles. The van der Waals surface area contributed by atoms with Crippen LogP contribution in [-0.4, -0.2) is 25.2 Å². The molecule has 144 valence electrons. The topological polar surface area (TPSA) is 65.8 Å². The standard InChI is InChI=1S/C20H18F2N4O2/c1-11-13-8-12(4-7-16(13)28-24-11)14-5-6-15-17(23-14)25(3)18(27)26(15)10-19(2)9-20(19,21)22/h4-8H,9-10H2,1-3H3. The summed E-state index contributed by atoms with van der Waals surface area (Å²) >= 11 is 0. The third kappa shape index (κ3) is 2.26. The first kappa shape index (κ1) is 17.1. The highest BCUT2D eigenvalue weighted by molar-refractivity contribution is 5.85. The fourth-order valence-corrected chi connectivity index (χ4v) is 3.77. The van der Waals surface area contributed by atoms with Crippen molar-refractivity contribution in [2.75, 3.05) is 0 Å². The van der Waals surface area contributed by atoms with Crippen molar-refractivity contribution in [2.45, 2.75) is 32.7 Å². The van der Waals surface area contributed by atoms with E-state index in [1.165, 1.54) is 16.1 Å². The summed E-state index contributed by atoms with van der Waals surface area (Å²) in [4.78, 5) is 17.3. The number of pyridine rings is 1. The van der Waals surface area contributed by atoms with Crippen LogP contribution >= 0.6 is 0 Å². The van der Waals surface area contributed by atoms with E-state index in [9.17, 15) is 13.6 Å². The first-order valence-corrected chi connectivity index (χ1v) is 9.01. The van der Waals surface area contributed by atoms with Crippen molar-refractivity contribution in [2.24, 2.45) is 12.5 Å². The number of fused-ring (bicyclic) bond motifs is 2. The van der Waals surface area contributed by atoms with Crippen LogP contribution in [0.1, 0.15) is 19.0 Å². The molecule has 0 amide bonds. The minimum atomic E-state index is -2.73. The summed E-state index contributed by atoms with van der Waals surface area (Å²) in [6.07, 6.45) is -0.202. The first-order valence-electron chi connectivity index (χ1n) is 9.01. The number of hydrogen-bond donors (Lipinski definition) is 0. The number of benzene rings is 1. The van der Waals surface area contributed by atoms with Crippen LogP contribution in [0.2, 0.25) is 0 Å². The van der Waals surface area contributed by atoms with Crippen LogP contribution in [0, 0.1) is 12.3 Å². The Labute approximate surface area is 158 Å². The van der Waals surface area contributed by atoms with Gasteiger partial charge in [0.25, 0.3) is 5.92 Å². The zero-order valence-electron chi connectivity index (χ0n) is 15.7. The highest BCUT2D eigenvalue weighted by Gasteiger charge is 2.68. The van der Waals surface area contributed by atoms with Crippen molar-refractivity contribution < 1.29 is 13.3 Å². The lowest BCUT2D eigenvalue weighted by molar-refractivity contribution is 0.0637. The SMILES string of the molecule is Cc1noc2ccc(-c3ccc4c(n3)n(C)c(=O)n4CC3(C)CC3(F)F)cc12. The van der Waals surface area contributed by atoms with E-state index in [0.717, 1.165) is 16.6 Å². The van der Waals surface area contributed by atoms with Crippen LogP contribution in [0.5, 0.6) is 0 Å². The van der Waals surface area contributed by atoms with Crippen LogP contribution in [-0.2, 0) is 13.6 Å². The molecule has 6 nitrogen and oxygen atoms in total. The lowest BCUT2D eigenvalue weighted by Crippen LogP contribution is -2.27. The van der Waals surface area contributed by atoms with E-state index >= 15 is 0 Å². The summed E-state index contributed by atoms with van der Waals surface area (Å²) in [7, 11) is 1.61. The molecule has 5 rings (SSSR count). The molecule has 3 heterocycles. The number of hydrogen-bond acceptors (Lipinski definition) is 4. The molecule has 0 bridgehead atoms. The van der Waals surface area contributed by atoms with Gasteiger partial charge in [0.05, 0.1) is 22.3 Å². The number of rotatable bonds is 3. The summed E-state index contributed by atoms with van der Waals surface area (Å²) < 4.78 is 35.4. The average molecular weight is 384 g/mol. The molecule has 8 heteroatoms. The molecule has 1 saturated carbocycles. The second-order valence-corrected chi connectivity index (χ2v) is 7.89. The second-order valence-electron chi connectivity index (χ2n) is 7.89. The summed E-state index contributed by atoms with van der Waals surface area (Å²) in [6, 6.07) is 9.22. The molecule has 1 aliphatic rings. The van der Waals surface area contributed by atoms with E-state index in [2.05, 4.69) is 10.1 Å². The molecule has 1 fully saturated rings. The fourth-order valence-electron chi connectivity index (χ4n) is 3.77. The lowest BCUT2D eigenvalue weighted by Gasteiger charge is -2.11. The van der Waals surface area contributed by atoms with Crippen LogP contribution in [0.25, 0.3) is 33.4 Å². The predicted octanol–water partition coefficient (Wildman–Crippen LogP) is 3.90. The smallest absolute Gasteiger partial charge is 0.330 e. The second kappa shape index (κ2) is 5.27. The minimum absolute atomic E-state index is 0.0248. The Balaban J connectivity index is 1.62. The van der Waals surface area contributed by atoms with Crippen molar-refractivity contribution in [3.8, 4) is 11.3 Å². The third-order valence-electron chi connectivity index (χ3n) is 5.80. The summed E-state index contributed by atoms with van der Waals surface area (Å²) in [5, 5.41) is 4.85. The maximum absolute atomic E-state index is 13.7. The maximum Gasteiger partial charge on any atom is 0.330 e. The molecule has 0 N–H and O–H groups in total. The van der Waals surface area contributed by atoms with E-state index in [1.54, 1.807) is 19.2 Å². The van der Waals surface area contributed by atoms with Gasteiger partial charge in [0.2, 0.25) is 0 Å². The Morgan fingerprint density at radius 2 is 2.00 bits per heavy atom. The van der Waals surface area contributed by atoms with Gasteiger partial charge in [-0.05, 0) is 37.3 Å². The zero-order valence-corrected chi connectivity index (χ0v) is 15.7. The highest BCUT2D eigenvalue weighted by Crippen LogP contribution is 2.61. The Morgan fingerprint density at radius 3 is 2.71 bits per heavy atom. The molecule has 1 aliphatic carbocycles. The molecule has 0 radical (unpaired) electrons. The van der Waals surface area contributed by atoms with Gasteiger partial charge in [0.1, 0.15) is 0 Å². The van der Waals surface area contributed by atoms with E-state index in [1.807, 2.05) is 25.1 Å². The molecule has 3 aromatic heterocycles. The molecule has 28 heavy (non-hydrogen) atoms. The maximum atomic E-state index is 13.7. The van der Waals surface area contributed by atoms with E-state index in [-0.39, 0.29) is 18.7 Å². The molecular formula is C20H18F2N4O2. The molecular weight excluding hydrogens is 366 g/mol. The van der Waals surface area contributed by atoms with Crippen molar-refractivity contribution in [1.82, 2.24) is 19.3 Å².